The summed E-state index contributed by atoms with van der Waals surface area (Å²) >= 11 is 0. The molecule has 0 bridgehead atoms. The number of nitrogen functional groups attached to an aromatic ring is 1. The van der Waals surface area contributed by atoms with Crippen molar-refractivity contribution in [3.8, 4) is 5.75 Å². The molecule has 0 aliphatic rings. The van der Waals surface area contributed by atoms with Crippen LogP contribution in [0.15, 0.2) is 59.6 Å². The summed E-state index contributed by atoms with van der Waals surface area (Å²) in [5.41, 5.74) is 9.62. The average Bonchev–Trinajstić information content (AvgIpc) is 2.55. The summed E-state index contributed by atoms with van der Waals surface area (Å²) in [5.74, 6) is 0.858. The molecule has 0 atom stereocenters. The van der Waals surface area contributed by atoms with Crippen molar-refractivity contribution in [3.05, 3.63) is 65.7 Å². The Morgan fingerprint density at radius 1 is 1.09 bits per heavy atom. The zero-order valence-corrected chi connectivity index (χ0v) is 13.1. The van der Waals surface area contributed by atoms with E-state index in [1.807, 2.05) is 68.5 Å². The summed E-state index contributed by atoms with van der Waals surface area (Å²) in [5, 5.41) is 0. The normalized spacial score (nSPS) is 11.8. The topological polar surface area (TPSA) is 47.6 Å². The van der Waals surface area contributed by atoms with Crippen molar-refractivity contribution in [1.29, 1.82) is 0 Å². The molecule has 0 heterocycles. The third-order valence-corrected chi connectivity index (χ3v) is 3.33. The Kier molecular flexibility index (Phi) is 5.78. The van der Waals surface area contributed by atoms with Crippen LogP contribution in [0.3, 0.4) is 0 Å². The molecule has 3 nitrogen and oxygen atoms in total. The van der Waals surface area contributed by atoms with Crippen molar-refractivity contribution < 1.29 is 4.74 Å². The maximum absolute atomic E-state index is 5.95. The van der Waals surface area contributed by atoms with Crippen LogP contribution in [0.2, 0.25) is 0 Å². The monoisotopic (exact) mass is 294 g/mol. The lowest BCUT2D eigenvalue weighted by atomic mass is 10.1. The summed E-state index contributed by atoms with van der Waals surface area (Å²) < 4.78 is 5.95. The molecule has 0 aromatic heterocycles. The molecule has 0 saturated carbocycles. The van der Waals surface area contributed by atoms with Gasteiger partial charge in [0.15, 0.2) is 0 Å². The van der Waals surface area contributed by atoms with E-state index in [0.29, 0.717) is 6.61 Å². The molecule has 2 N–H and O–H groups in total. The minimum Gasteiger partial charge on any atom is -0.493 e. The lowest BCUT2D eigenvalue weighted by Gasteiger charge is -2.12. The maximum Gasteiger partial charge on any atom is 0.128 e. The smallest absolute Gasteiger partial charge is 0.128 e. The number of ether oxygens (including phenoxy) is 1. The Bertz CT molecular complexity index is 657. The number of allylic oxidation sites excluding steroid dienone is 1. The minimum absolute atomic E-state index is 0.619. The van der Waals surface area contributed by atoms with E-state index in [1.165, 1.54) is 5.56 Å². The first-order valence-electron chi connectivity index (χ1n) is 7.46. The molecule has 0 saturated heterocycles. The van der Waals surface area contributed by atoms with E-state index in [9.17, 15) is 0 Å². The molecule has 0 radical (unpaired) electrons. The van der Waals surface area contributed by atoms with Crippen molar-refractivity contribution in [1.82, 2.24) is 0 Å². The van der Waals surface area contributed by atoms with Gasteiger partial charge in [-0.15, -0.1) is 0 Å². The third-order valence-electron chi connectivity index (χ3n) is 3.33. The summed E-state index contributed by atoms with van der Waals surface area (Å²) in [4.78, 5) is 4.39. The van der Waals surface area contributed by atoms with Crippen LogP contribution in [0, 0.1) is 0 Å². The molecule has 114 valence electrons. The van der Waals surface area contributed by atoms with Crippen LogP contribution in [0.4, 0.5) is 5.69 Å². The van der Waals surface area contributed by atoms with Crippen molar-refractivity contribution >= 4 is 17.6 Å². The van der Waals surface area contributed by atoms with Crippen molar-refractivity contribution in [3.63, 3.8) is 0 Å². The Labute approximate surface area is 132 Å². The molecular weight excluding hydrogens is 272 g/mol. The largest absolute Gasteiger partial charge is 0.493 e. The number of aliphatic imine (C=N–C) groups is 1. The molecular formula is C19H22N2O. The van der Waals surface area contributed by atoms with Gasteiger partial charge in [-0.3, -0.25) is 4.99 Å². The number of anilines is 1. The lowest BCUT2D eigenvalue weighted by molar-refractivity contribution is 0.321. The molecule has 0 unspecified atom stereocenters. The van der Waals surface area contributed by atoms with Crippen LogP contribution in [0.1, 0.15) is 25.0 Å². The quantitative estimate of drug-likeness (QED) is 0.636. The lowest BCUT2D eigenvalue weighted by Crippen LogP contribution is -2.03. The molecule has 22 heavy (non-hydrogen) atoms. The first kappa shape index (κ1) is 15.8. The van der Waals surface area contributed by atoms with Gasteiger partial charge in [0, 0.05) is 23.9 Å². The van der Waals surface area contributed by atoms with Crippen LogP contribution in [0.5, 0.6) is 5.75 Å². The van der Waals surface area contributed by atoms with Gasteiger partial charge in [-0.1, -0.05) is 30.3 Å². The van der Waals surface area contributed by atoms with E-state index in [4.69, 9.17) is 10.5 Å². The number of hydrogen-bond acceptors (Lipinski definition) is 3. The molecule has 3 heteroatoms. The van der Waals surface area contributed by atoms with E-state index in [1.54, 1.807) is 6.21 Å². The van der Waals surface area contributed by atoms with Gasteiger partial charge >= 0.3 is 0 Å². The fourth-order valence-electron chi connectivity index (χ4n) is 2.21. The Morgan fingerprint density at radius 3 is 2.50 bits per heavy atom. The van der Waals surface area contributed by atoms with Gasteiger partial charge in [0.1, 0.15) is 5.75 Å². The summed E-state index contributed by atoms with van der Waals surface area (Å²) in [6.07, 6.45) is 4.62. The van der Waals surface area contributed by atoms with Gasteiger partial charge in [-0.25, -0.2) is 0 Å². The number of nitrogens with zero attached hydrogens (tertiary/aromatic N) is 1. The van der Waals surface area contributed by atoms with Crippen LogP contribution in [0.25, 0.3) is 5.70 Å². The molecule has 0 spiro atoms. The third kappa shape index (κ3) is 4.22. The molecule has 0 aliphatic carbocycles. The van der Waals surface area contributed by atoms with Crippen molar-refractivity contribution in [2.45, 2.75) is 20.3 Å². The Balaban J connectivity index is 2.05. The van der Waals surface area contributed by atoms with E-state index in [-0.39, 0.29) is 0 Å². The molecule has 0 fully saturated rings. The van der Waals surface area contributed by atoms with Crippen molar-refractivity contribution in [2.75, 3.05) is 12.3 Å². The predicted octanol–water partition coefficient (Wildman–Crippen LogP) is 4.34. The first-order valence-corrected chi connectivity index (χ1v) is 7.46. The van der Waals surface area contributed by atoms with Crippen LogP contribution in [-0.2, 0) is 6.42 Å². The predicted molar refractivity (Wildman–Crippen MR) is 94.3 cm³/mol. The van der Waals surface area contributed by atoms with Crippen LogP contribution in [-0.4, -0.2) is 12.8 Å². The number of para-hydroxylation sites is 1. The standard InChI is InChI=1S/C19H22N2O/c1-3-18(21-4-2)17-7-5-6-8-19(17)22-14-13-15-9-11-16(20)12-10-15/h3-12H,13-14,20H2,1-2H3. The number of benzene rings is 2. The Morgan fingerprint density at radius 2 is 1.82 bits per heavy atom. The fourth-order valence-corrected chi connectivity index (χ4v) is 2.21. The van der Waals surface area contributed by atoms with Crippen molar-refractivity contribution in [2.24, 2.45) is 4.99 Å². The summed E-state index contributed by atoms with van der Waals surface area (Å²) in [6, 6.07) is 15.9. The van der Waals surface area contributed by atoms with Gasteiger partial charge in [0.2, 0.25) is 0 Å². The highest BCUT2D eigenvalue weighted by molar-refractivity contribution is 5.75. The summed E-state index contributed by atoms with van der Waals surface area (Å²) in [7, 11) is 0. The highest BCUT2D eigenvalue weighted by atomic mass is 16.5. The highest BCUT2D eigenvalue weighted by Gasteiger charge is 2.06. The van der Waals surface area contributed by atoms with Crippen LogP contribution >= 0.6 is 0 Å². The molecule has 2 rings (SSSR count). The fraction of sp³-hybridized carbons (Fsp3) is 0.211. The molecule has 2 aromatic rings. The zero-order valence-electron chi connectivity index (χ0n) is 13.1. The second kappa shape index (κ2) is 8.03. The van der Waals surface area contributed by atoms with Gasteiger partial charge in [0.05, 0.1) is 12.3 Å². The van der Waals surface area contributed by atoms with Gasteiger partial charge in [-0.05, 0) is 43.7 Å². The first-order chi connectivity index (χ1) is 10.7. The van der Waals surface area contributed by atoms with Gasteiger partial charge in [-0.2, -0.15) is 0 Å². The van der Waals surface area contributed by atoms with E-state index >= 15 is 0 Å². The van der Waals surface area contributed by atoms with E-state index < -0.39 is 0 Å². The highest BCUT2D eigenvalue weighted by Crippen LogP contribution is 2.26. The second-order valence-electron chi connectivity index (χ2n) is 4.90. The zero-order chi connectivity index (χ0) is 15.8. The van der Waals surface area contributed by atoms with Gasteiger partial charge < -0.3 is 10.5 Å². The molecule has 2 aromatic carbocycles. The van der Waals surface area contributed by atoms with E-state index in [2.05, 4.69) is 4.99 Å². The Hall–Kier alpha value is -2.55. The maximum atomic E-state index is 5.95. The SMILES string of the molecule is CC=NC(=CC)c1ccccc1OCCc1ccc(N)cc1. The molecule has 0 aliphatic heterocycles. The van der Waals surface area contributed by atoms with Crippen LogP contribution < -0.4 is 10.5 Å². The molecule has 0 amide bonds. The van der Waals surface area contributed by atoms with Gasteiger partial charge in [0.25, 0.3) is 0 Å². The average molecular weight is 294 g/mol. The number of hydrogen-bond donors (Lipinski definition) is 1. The summed E-state index contributed by atoms with van der Waals surface area (Å²) in [6.45, 7) is 4.51. The van der Waals surface area contributed by atoms with E-state index in [0.717, 1.165) is 29.1 Å². The number of rotatable bonds is 6. The minimum atomic E-state index is 0.619. The number of nitrogens with two attached hydrogens (primary N) is 1. The second-order valence-corrected chi connectivity index (χ2v) is 4.90.